The van der Waals surface area contributed by atoms with Crippen LogP contribution in [0.4, 0.5) is 0 Å². The van der Waals surface area contributed by atoms with E-state index in [2.05, 4.69) is 152 Å². The second-order valence-corrected chi connectivity index (χ2v) is 18.3. The number of rotatable bonds is 10. The summed E-state index contributed by atoms with van der Waals surface area (Å²) in [6, 6.07) is 48.4. The number of nitrogens with one attached hydrogen (secondary N) is 1. The zero-order valence-electron chi connectivity index (χ0n) is 25.7. The van der Waals surface area contributed by atoms with E-state index < -0.39 is 31.6 Å². The molecule has 2 nitrogen and oxygen atoms in total. The summed E-state index contributed by atoms with van der Waals surface area (Å²) < 4.78 is 17.1. The molecule has 0 saturated carbocycles. The Morgan fingerprint density at radius 1 is 0.605 bits per heavy atom. The van der Waals surface area contributed by atoms with Gasteiger partial charge < -0.3 is 0 Å². The van der Waals surface area contributed by atoms with E-state index in [-0.39, 0.29) is 6.04 Å². The second kappa shape index (κ2) is 14.2. The fourth-order valence-corrected chi connectivity index (χ4v) is 10.9. The molecule has 0 spiro atoms. The molecule has 0 radical (unpaired) electrons. The molecule has 220 valence electrons. The summed E-state index contributed by atoms with van der Waals surface area (Å²) in [7, 11) is -2.81. The lowest BCUT2D eigenvalue weighted by atomic mass is 10.1. The number of aryl methyl sites for hydroxylation is 2. The van der Waals surface area contributed by atoms with E-state index >= 15 is 0 Å². The average Bonchev–Trinajstić information content (AvgIpc) is 3.02. The van der Waals surface area contributed by atoms with Crippen LogP contribution in [-0.4, -0.2) is 15.1 Å². The smallest absolute Gasteiger partial charge is 0.0976 e. The molecule has 0 saturated heterocycles. The first-order valence-electron chi connectivity index (χ1n) is 14.8. The molecule has 5 heteroatoms. The average molecular weight is 622 g/mol. The van der Waals surface area contributed by atoms with Crippen molar-refractivity contribution in [3.8, 4) is 0 Å². The van der Waals surface area contributed by atoms with Gasteiger partial charge in [0.1, 0.15) is 0 Å². The minimum Gasteiger partial charge on any atom is -0.242 e. The molecular formula is C38H41NOP2S. The van der Waals surface area contributed by atoms with Crippen molar-refractivity contribution in [1.29, 1.82) is 0 Å². The lowest BCUT2D eigenvalue weighted by Gasteiger charge is -2.31. The molecule has 1 N–H and O–H groups in total. The van der Waals surface area contributed by atoms with Crippen molar-refractivity contribution in [2.75, 3.05) is 6.16 Å². The third-order valence-electron chi connectivity index (χ3n) is 7.44. The Balaban J connectivity index is 1.67. The van der Waals surface area contributed by atoms with E-state index in [9.17, 15) is 4.21 Å². The number of hydrogen-bond acceptors (Lipinski definition) is 1. The Morgan fingerprint density at radius 3 is 1.51 bits per heavy atom. The maximum absolute atomic E-state index is 13.8. The topological polar surface area (TPSA) is 29.1 Å². The van der Waals surface area contributed by atoms with Crippen LogP contribution in [0.5, 0.6) is 0 Å². The molecule has 0 amide bonds. The molecule has 0 heterocycles. The van der Waals surface area contributed by atoms with Crippen LogP contribution in [0.3, 0.4) is 0 Å². The van der Waals surface area contributed by atoms with Crippen LogP contribution in [0.25, 0.3) is 0 Å². The van der Waals surface area contributed by atoms with Gasteiger partial charge in [-0.05, 0) is 88.7 Å². The summed E-state index contributed by atoms with van der Waals surface area (Å²) in [5.41, 5.74) is 3.74. The second-order valence-electron chi connectivity index (χ2n) is 11.9. The Hall–Kier alpha value is -2.93. The summed E-state index contributed by atoms with van der Waals surface area (Å²) in [5.74, 6) is 0. The minimum absolute atomic E-state index is 0.108. The van der Waals surface area contributed by atoms with Crippen molar-refractivity contribution < 1.29 is 4.21 Å². The molecule has 5 aromatic rings. The van der Waals surface area contributed by atoms with E-state index in [0.29, 0.717) is 0 Å². The highest BCUT2D eigenvalue weighted by molar-refractivity contribution is 7.84. The molecule has 0 aliphatic rings. The van der Waals surface area contributed by atoms with E-state index in [0.717, 1.165) is 6.16 Å². The van der Waals surface area contributed by atoms with Crippen molar-refractivity contribution >= 4 is 53.4 Å². The van der Waals surface area contributed by atoms with Crippen LogP contribution >= 0.6 is 15.8 Å². The normalized spacial score (nSPS) is 13.3. The molecule has 5 aromatic carbocycles. The van der Waals surface area contributed by atoms with Gasteiger partial charge in [-0.25, -0.2) is 8.93 Å². The first-order valence-corrected chi connectivity index (χ1v) is 18.8. The van der Waals surface area contributed by atoms with E-state index in [4.69, 9.17) is 0 Å². The molecule has 2 atom stereocenters. The third-order valence-corrected chi connectivity index (χ3v) is 14.1. The molecular weight excluding hydrogens is 580 g/mol. The molecule has 43 heavy (non-hydrogen) atoms. The maximum atomic E-state index is 13.8. The molecule has 0 aliphatic heterocycles. The van der Waals surface area contributed by atoms with Gasteiger partial charge in [-0.1, -0.05) is 145 Å². The van der Waals surface area contributed by atoms with Crippen LogP contribution in [0, 0.1) is 13.8 Å². The SMILES string of the molecule is Cc1ccc(P(c2ccc(C)cc2)c2ccccc2[C@@H](CP(c2ccccc2)c2ccccc2)NS(=O)C(C)(C)C)cc1. The predicted molar refractivity (Wildman–Crippen MR) is 192 cm³/mol. The summed E-state index contributed by atoms with van der Waals surface area (Å²) in [6.45, 7) is 10.4. The standard InChI is InChI=1S/C38H41NOP2S/c1-29-20-24-33(25-21-29)42(34-26-22-30(2)23-27-34)37-19-13-12-18-35(37)36(39-43(40)38(3,4)5)28-41(31-14-8-6-9-15-31)32-16-10-7-11-17-32/h6-27,36,39H,28H2,1-5H3/t36-,43?/m1/s1. The fraction of sp³-hybridized carbons (Fsp3) is 0.211. The minimum atomic E-state index is -1.25. The Morgan fingerprint density at radius 2 is 1.05 bits per heavy atom. The Labute approximate surface area is 263 Å². The van der Waals surface area contributed by atoms with Crippen molar-refractivity contribution in [2.24, 2.45) is 0 Å². The lowest BCUT2D eigenvalue weighted by molar-refractivity contribution is 0.618. The summed E-state index contributed by atoms with van der Waals surface area (Å²) in [4.78, 5) is 0. The maximum Gasteiger partial charge on any atom is 0.0976 e. The van der Waals surface area contributed by atoms with Crippen molar-refractivity contribution in [1.82, 2.24) is 4.72 Å². The van der Waals surface area contributed by atoms with Crippen molar-refractivity contribution in [3.05, 3.63) is 150 Å². The van der Waals surface area contributed by atoms with Gasteiger partial charge in [-0.2, -0.15) is 0 Å². The van der Waals surface area contributed by atoms with Crippen LogP contribution in [0.1, 0.15) is 43.5 Å². The Bertz CT molecular complexity index is 1550. The van der Waals surface area contributed by atoms with E-state index in [1.807, 2.05) is 20.8 Å². The highest BCUT2D eigenvalue weighted by Gasteiger charge is 2.30. The van der Waals surface area contributed by atoms with Crippen LogP contribution in [-0.2, 0) is 11.0 Å². The van der Waals surface area contributed by atoms with Gasteiger partial charge in [0.15, 0.2) is 0 Å². The van der Waals surface area contributed by atoms with Gasteiger partial charge >= 0.3 is 0 Å². The largest absolute Gasteiger partial charge is 0.242 e. The third kappa shape index (κ3) is 7.97. The van der Waals surface area contributed by atoms with E-state index in [1.165, 1.54) is 43.2 Å². The number of hydrogen-bond donors (Lipinski definition) is 1. The fourth-order valence-electron chi connectivity index (χ4n) is 5.06. The summed E-state index contributed by atoms with van der Waals surface area (Å²) >= 11 is 0. The molecule has 0 aliphatic carbocycles. The highest BCUT2D eigenvalue weighted by atomic mass is 32.2. The Kier molecular flexibility index (Phi) is 10.4. The first-order chi connectivity index (χ1) is 20.7. The molecule has 0 fully saturated rings. The lowest BCUT2D eigenvalue weighted by Crippen LogP contribution is -2.39. The molecule has 0 aromatic heterocycles. The van der Waals surface area contributed by atoms with Crippen LogP contribution in [0.2, 0.25) is 0 Å². The van der Waals surface area contributed by atoms with Gasteiger partial charge in [0.2, 0.25) is 0 Å². The predicted octanol–water partition coefficient (Wildman–Crippen LogP) is 7.29. The monoisotopic (exact) mass is 621 g/mol. The van der Waals surface area contributed by atoms with Gasteiger partial charge in [0, 0.05) is 6.04 Å². The van der Waals surface area contributed by atoms with Crippen LogP contribution < -0.4 is 31.2 Å². The highest BCUT2D eigenvalue weighted by Crippen LogP contribution is 2.41. The quantitative estimate of drug-likeness (QED) is 0.163. The van der Waals surface area contributed by atoms with E-state index in [1.54, 1.807) is 0 Å². The summed E-state index contributed by atoms with van der Waals surface area (Å²) in [5, 5.41) is 6.61. The zero-order chi connectivity index (χ0) is 30.4. The van der Waals surface area contributed by atoms with Gasteiger partial charge in [-0.15, -0.1) is 0 Å². The first kappa shape index (κ1) is 31.5. The zero-order valence-corrected chi connectivity index (χ0v) is 28.3. The number of benzene rings is 5. The van der Waals surface area contributed by atoms with Crippen molar-refractivity contribution in [2.45, 2.75) is 45.4 Å². The van der Waals surface area contributed by atoms with Gasteiger partial charge in [0.05, 0.1) is 15.7 Å². The molecule has 1 unspecified atom stereocenters. The van der Waals surface area contributed by atoms with Crippen molar-refractivity contribution in [3.63, 3.8) is 0 Å². The summed E-state index contributed by atoms with van der Waals surface area (Å²) in [6.07, 6.45) is 0.840. The molecule has 5 rings (SSSR count). The molecule has 0 bridgehead atoms. The van der Waals surface area contributed by atoms with Gasteiger partial charge in [0.25, 0.3) is 0 Å². The van der Waals surface area contributed by atoms with Gasteiger partial charge in [-0.3, -0.25) is 0 Å². The van der Waals surface area contributed by atoms with Crippen LogP contribution in [0.15, 0.2) is 133 Å².